The van der Waals surface area contributed by atoms with E-state index in [4.69, 9.17) is 34.8 Å². The number of piperidine rings is 1. The van der Waals surface area contributed by atoms with Crippen molar-refractivity contribution in [1.29, 1.82) is 0 Å². The molecule has 11 heteroatoms. The summed E-state index contributed by atoms with van der Waals surface area (Å²) in [5.41, 5.74) is 1.26. The molecule has 1 aliphatic heterocycles. The van der Waals surface area contributed by atoms with Crippen LogP contribution in [-0.2, 0) is 19.6 Å². The third kappa shape index (κ3) is 6.19. The zero-order chi connectivity index (χ0) is 24.3. The minimum atomic E-state index is -3.60. The second kappa shape index (κ2) is 10.6. The van der Waals surface area contributed by atoms with Gasteiger partial charge in [-0.15, -0.1) is 0 Å². The Kier molecular flexibility index (Phi) is 8.29. The van der Waals surface area contributed by atoms with E-state index in [0.29, 0.717) is 12.8 Å². The highest BCUT2D eigenvalue weighted by Crippen LogP contribution is 2.32. The van der Waals surface area contributed by atoms with Crippen LogP contribution in [0.4, 0.5) is 5.69 Å². The van der Waals surface area contributed by atoms with Gasteiger partial charge in [-0.05, 0) is 51.0 Å². The molecule has 0 radical (unpaired) electrons. The summed E-state index contributed by atoms with van der Waals surface area (Å²) in [5.74, 6) is -1.16. The number of benzene rings is 2. The number of hydrogen-bond acceptors (Lipinski definition) is 4. The first-order valence-electron chi connectivity index (χ1n) is 10.3. The molecule has 0 saturated carbocycles. The molecule has 1 heterocycles. The Balaban J connectivity index is 1.55. The molecule has 0 aromatic heterocycles. The molecule has 3 rings (SSSR count). The van der Waals surface area contributed by atoms with Gasteiger partial charge in [0.15, 0.2) is 0 Å². The molecule has 1 unspecified atom stereocenters. The number of nitrogens with one attached hydrogen (secondary N) is 2. The van der Waals surface area contributed by atoms with Crippen molar-refractivity contribution in [2.24, 2.45) is 5.92 Å². The Hall–Kier alpha value is -1.84. The van der Waals surface area contributed by atoms with Crippen molar-refractivity contribution in [3.63, 3.8) is 0 Å². The zero-order valence-corrected chi connectivity index (χ0v) is 21.2. The second-order valence-electron chi connectivity index (χ2n) is 7.96. The summed E-state index contributed by atoms with van der Waals surface area (Å²) in [5, 5.41) is 6.02. The third-order valence-electron chi connectivity index (χ3n) is 5.50. The lowest BCUT2D eigenvalue weighted by molar-refractivity contribution is -0.129. The summed E-state index contributed by atoms with van der Waals surface area (Å²) < 4.78 is 27.1. The van der Waals surface area contributed by atoms with Crippen molar-refractivity contribution in [2.75, 3.05) is 18.4 Å². The minimum Gasteiger partial charge on any atom is -0.344 e. The van der Waals surface area contributed by atoms with Gasteiger partial charge in [-0.25, -0.2) is 8.42 Å². The maximum Gasteiger partial charge on any atom is 0.246 e. The summed E-state index contributed by atoms with van der Waals surface area (Å²) in [7, 11) is -3.60. The Labute approximate surface area is 208 Å². The molecule has 178 valence electrons. The summed E-state index contributed by atoms with van der Waals surface area (Å²) in [6.45, 7) is 3.90. The molecule has 2 amide bonds. The predicted molar refractivity (Wildman–Crippen MR) is 130 cm³/mol. The largest absolute Gasteiger partial charge is 0.344 e. The summed E-state index contributed by atoms with van der Waals surface area (Å²) in [6, 6.07) is 8.70. The molecule has 1 saturated heterocycles. The van der Waals surface area contributed by atoms with Gasteiger partial charge in [0.1, 0.15) is 6.04 Å². The van der Waals surface area contributed by atoms with E-state index in [-0.39, 0.29) is 44.6 Å². The van der Waals surface area contributed by atoms with Crippen LogP contribution in [0.25, 0.3) is 0 Å². The quantitative estimate of drug-likeness (QED) is 0.536. The van der Waals surface area contributed by atoms with Gasteiger partial charge >= 0.3 is 0 Å². The van der Waals surface area contributed by atoms with Crippen LogP contribution in [0.5, 0.6) is 0 Å². The number of sulfonamides is 1. The number of hydrogen-bond donors (Lipinski definition) is 2. The lowest BCUT2D eigenvalue weighted by Crippen LogP contribution is -2.47. The van der Waals surface area contributed by atoms with Crippen molar-refractivity contribution >= 4 is 62.3 Å². The SMILES string of the molecule is Cc1ccc(S(=O)(=O)N2CCC(C(=O)NC(C)C(=O)Nc3cc(Cl)c(Cl)cc3Cl)CC2)cc1. The molecule has 1 atom stereocenters. The highest BCUT2D eigenvalue weighted by Gasteiger charge is 2.33. The van der Waals surface area contributed by atoms with Gasteiger partial charge in [0, 0.05) is 19.0 Å². The summed E-state index contributed by atoms with van der Waals surface area (Å²) in [6.07, 6.45) is 0.730. The van der Waals surface area contributed by atoms with E-state index < -0.39 is 27.9 Å². The number of carbonyl (C=O) groups is 2. The number of carbonyl (C=O) groups excluding carboxylic acids is 2. The molecule has 2 aromatic carbocycles. The number of nitrogens with zero attached hydrogens (tertiary/aromatic N) is 1. The van der Waals surface area contributed by atoms with Crippen LogP contribution in [0.3, 0.4) is 0 Å². The Bertz CT molecular complexity index is 1150. The van der Waals surface area contributed by atoms with E-state index in [0.717, 1.165) is 5.56 Å². The van der Waals surface area contributed by atoms with E-state index in [1.165, 1.54) is 16.4 Å². The van der Waals surface area contributed by atoms with Crippen LogP contribution in [0.2, 0.25) is 15.1 Å². The van der Waals surface area contributed by atoms with Gasteiger partial charge < -0.3 is 10.6 Å². The average Bonchev–Trinajstić information content (AvgIpc) is 2.77. The number of amides is 2. The van der Waals surface area contributed by atoms with E-state index in [2.05, 4.69) is 10.6 Å². The first-order chi connectivity index (χ1) is 15.5. The maximum absolute atomic E-state index is 12.8. The summed E-state index contributed by atoms with van der Waals surface area (Å²) >= 11 is 17.9. The highest BCUT2D eigenvalue weighted by molar-refractivity contribution is 7.89. The minimum absolute atomic E-state index is 0.221. The molecule has 7 nitrogen and oxygen atoms in total. The van der Waals surface area contributed by atoms with Crippen LogP contribution >= 0.6 is 34.8 Å². The Morgan fingerprint density at radius 3 is 2.18 bits per heavy atom. The van der Waals surface area contributed by atoms with Gasteiger partial charge in [0.25, 0.3) is 0 Å². The topological polar surface area (TPSA) is 95.6 Å². The van der Waals surface area contributed by atoms with Crippen molar-refractivity contribution in [1.82, 2.24) is 9.62 Å². The van der Waals surface area contributed by atoms with Crippen LogP contribution in [0.1, 0.15) is 25.3 Å². The number of rotatable bonds is 6. The molecule has 0 spiro atoms. The molecule has 2 N–H and O–H groups in total. The van der Waals surface area contributed by atoms with Crippen LogP contribution in [-0.4, -0.2) is 43.7 Å². The molecular weight excluding hydrogens is 509 g/mol. The standard InChI is InChI=1S/C22H24Cl3N3O4S/c1-13-3-5-16(6-4-13)33(31,32)28-9-7-15(8-10-28)22(30)26-14(2)21(29)27-20-12-18(24)17(23)11-19(20)25/h3-6,11-12,14-15H,7-10H2,1-2H3,(H,26,30)(H,27,29). The molecule has 2 aromatic rings. The van der Waals surface area contributed by atoms with Crippen LogP contribution in [0.15, 0.2) is 41.3 Å². The predicted octanol–water partition coefficient (Wildman–Crippen LogP) is 4.50. The monoisotopic (exact) mass is 531 g/mol. The van der Waals surface area contributed by atoms with Crippen molar-refractivity contribution in [2.45, 2.75) is 37.6 Å². The van der Waals surface area contributed by atoms with Crippen molar-refractivity contribution in [3.05, 3.63) is 57.0 Å². The van der Waals surface area contributed by atoms with E-state index in [9.17, 15) is 18.0 Å². The van der Waals surface area contributed by atoms with E-state index in [1.54, 1.807) is 31.2 Å². The fraction of sp³-hybridized carbons (Fsp3) is 0.364. The number of aryl methyl sites for hydroxylation is 1. The lowest BCUT2D eigenvalue weighted by Gasteiger charge is -2.31. The highest BCUT2D eigenvalue weighted by atomic mass is 35.5. The Morgan fingerprint density at radius 2 is 1.58 bits per heavy atom. The van der Waals surface area contributed by atoms with Crippen molar-refractivity contribution in [3.8, 4) is 0 Å². The molecule has 0 bridgehead atoms. The number of anilines is 1. The van der Waals surface area contributed by atoms with Crippen LogP contribution < -0.4 is 10.6 Å². The molecular formula is C22H24Cl3N3O4S. The summed E-state index contributed by atoms with van der Waals surface area (Å²) in [4.78, 5) is 25.4. The fourth-order valence-electron chi connectivity index (χ4n) is 3.47. The lowest BCUT2D eigenvalue weighted by atomic mass is 9.97. The van der Waals surface area contributed by atoms with E-state index in [1.807, 2.05) is 6.92 Å². The van der Waals surface area contributed by atoms with Gasteiger partial charge in [0.05, 0.1) is 25.7 Å². The fourth-order valence-corrected chi connectivity index (χ4v) is 5.54. The van der Waals surface area contributed by atoms with E-state index >= 15 is 0 Å². The zero-order valence-electron chi connectivity index (χ0n) is 18.1. The van der Waals surface area contributed by atoms with Gasteiger partial charge in [-0.1, -0.05) is 52.5 Å². The third-order valence-corrected chi connectivity index (χ3v) is 8.45. The smallest absolute Gasteiger partial charge is 0.246 e. The van der Waals surface area contributed by atoms with Gasteiger partial charge in [-0.2, -0.15) is 4.31 Å². The van der Waals surface area contributed by atoms with Gasteiger partial charge in [-0.3, -0.25) is 9.59 Å². The van der Waals surface area contributed by atoms with Gasteiger partial charge in [0.2, 0.25) is 21.8 Å². The molecule has 0 aliphatic carbocycles. The van der Waals surface area contributed by atoms with Crippen molar-refractivity contribution < 1.29 is 18.0 Å². The molecule has 1 fully saturated rings. The Morgan fingerprint density at radius 1 is 1.00 bits per heavy atom. The molecule has 1 aliphatic rings. The normalized spacial score (nSPS) is 16.3. The van der Waals surface area contributed by atoms with Crippen LogP contribution in [0, 0.1) is 12.8 Å². The second-order valence-corrected chi connectivity index (χ2v) is 11.1. The number of halogens is 3. The average molecular weight is 533 g/mol. The first kappa shape index (κ1) is 25.8. The first-order valence-corrected chi connectivity index (χ1v) is 12.9. The maximum atomic E-state index is 12.8. The molecule has 33 heavy (non-hydrogen) atoms.